The van der Waals surface area contributed by atoms with E-state index in [1.54, 1.807) is 7.11 Å². The third kappa shape index (κ3) is 4.23. The van der Waals surface area contributed by atoms with Crippen LogP contribution in [-0.2, 0) is 6.42 Å². The molecule has 2 aromatic rings. The lowest BCUT2D eigenvalue weighted by Gasteiger charge is -2.19. The second-order valence-corrected chi connectivity index (χ2v) is 5.67. The van der Waals surface area contributed by atoms with E-state index < -0.39 is 0 Å². The van der Waals surface area contributed by atoms with Crippen molar-refractivity contribution in [3.8, 4) is 5.75 Å². The van der Waals surface area contributed by atoms with Gasteiger partial charge in [-0.1, -0.05) is 29.8 Å². The highest BCUT2D eigenvalue weighted by atomic mass is 35.5. The lowest BCUT2D eigenvalue weighted by molar-refractivity contribution is 0.414. The maximum absolute atomic E-state index is 6.03. The fourth-order valence-corrected chi connectivity index (χ4v) is 2.82. The van der Waals surface area contributed by atoms with Gasteiger partial charge in [0.25, 0.3) is 0 Å². The highest BCUT2D eigenvalue weighted by Crippen LogP contribution is 2.25. The molecule has 2 nitrogen and oxygen atoms in total. The predicted molar refractivity (Wildman–Crippen MR) is 89.3 cm³/mol. The molecule has 0 heterocycles. The largest absolute Gasteiger partial charge is 0.497 e. The summed E-state index contributed by atoms with van der Waals surface area (Å²) in [7, 11) is 3.70. The van der Waals surface area contributed by atoms with E-state index in [-0.39, 0.29) is 0 Å². The molecule has 2 aromatic carbocycles. The third-order valence-corrected chi connectivity index (χ3v) is 4.07. The molecule has 112 valence electrons. The topological polar surface area (TPSA) is 21.3 Å². The zero-order chi connectivity index (χ0) is 15.2. The first-order chi connectivity index (χ1) is 10.1. The van der Waals surface area contributed by atoms with Crippen LogP contribution in [0.5, 0.6) is 5.75 Å². The summed E-state index contributed by atoms with van der Waals surface area (Å²) in [5.41, 5.74) is 3.87. The Morgan fingerprint density at radius 3 is 2.43 bits per heavy atom. The summed E-state index contributed by atoms with van der Waals surface area (Å²) in [4.78, 5) is 0. The SMILES string of the molecule is CNC(CCc1ccc(OC)cc1)c1ccc(Cl)cc1C. The quantitative estimate of drug-likeness (QED) is 0.845. The van der Waals surface area contributed by atoms with Crippen LogP contribution in [0.15, 0.2) is 42.5 Å². The molecule has 0 aliphatic carbocycles. The first kappa shape index (κ1) is 15.9. The molecule has 0 fully saturated rings. The van der Waals surface area contributed by atoms with Crippen LogP contribution in [0.2, 0.25) is 5.02 Å². The molecular weight excluding hydrogens is 282 g/mol. The first-order valence-electron chi connectivity index (χ1n) is 7.20. The summed E-state index contributed by atoms with van der Waals surface area (Å²) in [6.07, 6.45) is 2.07. The van der Waals surface area contributed by atoms with Crippen molar-refractivity contribution < 1.29 is 4.74 Å². The number of nitrogens with one attached hydrogen (secondary N) is 1. The molecule has 0 aliphatic heterocycles. The van der Waals surface area contributed by atoms with E-state index in [1.807, 2.05) is 31.3 Å². The zero-order valence-electron chi connectivity index (χ0n) is 12.8. The van der Waals surface area contributed by atoms with Gasteiger partial charge in [0.15, 0.2) is 0 Å². The summed E-state index contributed by atoms with van der Waals surface area (Å²) in [5, 5.41) is 4.20. The molecule has 0 bridgehead atoms. The van der Waals surface area contributed by atoms with Gasteiger partial charge in [-0.2, -0.15) is 0 Å². The predicted octanol–water partition coefficient (Wildman–Crippen LogP) is 4.55. The molecule has 1 atom stereocenters. The van der Waals surface area contributed by atoms with Gasteiger partial charge in [-0.25, -0.2) is 0 Å². The van der Waals surface area contributed by atoms with E-state index in [9.17, 15) is 0 Å². The van der Waals surface area contributed by atoms with Crippen LogP contribution in [0, 0.1) is 6.92 Å². The molecule has 0 spiro atoms. The van der Waals surface area contributed by atoms with Crippen molar-refractivity contribution in [3.63, 3.8) is 0 Å². The summed E-state index contributed by atoms with van der Waals surface area (Å²) in [6.45, 7) is 2.11. The molecule has 1 unspecified atom stereocenters. The number of hydrogen-bond acceptors (Lipinski definition) is 2. The van der Waals surface area contributed by atoms with E-state index in [0.29, 0.717) is 6.04 Å². The van der Waals surface area contributed by atoms with Gasteiger partial charge in [0.1, 0.15) is 5.75 Å². The minimum Gasteiger partial charge on any atom is -0.497 e. The molecule has 0 saturated carbocycles. The first-order valence-corrected chi connectivity index (χ1v) is 7.58. The molecule has 21 heavy (non-hydrogen) atoms. The molecule has 0 saturated heterocycles. The summed E-state index contributed by atoms with van der Waals surface area (Å²) in [5.74, 6) is 0.900. The van der Waals surface area contributed by atoms with Crippen molar-refractivity contribution >= 4 is 11.6 Å². The minimum atomic E-state index is 0.337. The monoisotopic (exact) mass is 303 g/mol. The highest BCUT2D eigenvalue weighted by molar-refractivity contribution is 6.30. The highest BCUT2D eigenvalue weighted by Gasteiger charge is 2.12. The van der Waals surface area contributed by atoms with Crippen molar-refractivity contribution in [2.75, 3.05) is 14.2 Å². The maximum Gasteiger partial charge on any atom is 0.118 e. The molecule has 1 N–H and O–H groups in total. The number of ether oxygens (including phenoxy) is 1. The second kappa shape index (κ2) is 7.48. The Labute approximate surface area is 132 Å². The van der Waals surface area contributed by atoms with Crippen molar-refractivity contribution in [1.29, 1.82) is 0 Å². The van der Waals surface area contributed by atoms with Gasteiger partial charge in [-0.3, -0.25) is 0 Å². The molecule has 2 rings (SSSR count). The van der Waals surface area contributed by atoms with Gasteiger partial charge in [-0.05, 0) is 67.8 Å². The molecule has 0 aromatic heterocycles. The van der Waals surface area contributed by atoms with Crippen LogP contribution in [0.4, 0.5) is 0 Å². The van der Waals surface area contributed by atoms with E-state index in [1.165, 1.54) is 16.7 Å². The van der Waals surface area contributed by atoms with E-state index in [2.05, 4.69) is 30.4 Å². The van der Waals surface area contributed by atoms with Crippen LogP contribution in [0.25, 0.3) is 0 Å². The fourth-order valence-electron chi connectivity index (χ4n) is 2.59. The van der Waals surface area contributed by atoms with Gasteiger partial charge in [0.05, 0.1) is 7.11 Å². The zero-order valence-corrected chi connectivity index (χ0v) is 13.6. The summed E-state index contributed by atoms with van der Waals surface area (Å²) >= 11 is 6.03. The average Bonchev–Trinajstić information content (AvgIpc) is 2.50. The van der Waals surface area contributed by atoms with Crippen LogP contribution < -0.4 is 10.1 Å². The second-order valence-electron chi connectivity index (χ2n) is 5.23. The van der Waals surface area contributed by atoms with Crippen LogP contribution in [0.3, 0.4) is 0 Å². The minimum absolute atomic E-state index is 0.337. The number of benzene rings is 2. The number of aryl methyl sites for hydroxylation is 2. The molecule has 0 radical (unpaired) electrons. The van der Waals surface area contributed by atoms with Crippen molar-refractivity contribution in [3.05, 3.63) is 64.2 Å². The summed E-state index contributed by atoms with van der Waals surface area (Å²) < 4.78 is 5.19. The van der Waals surface area contributed by atoms with Crippen LogP contribution in [-0.4, -0.2) is 14.2 Å². The van der Waals surface area contributed by atoms with Crippen molar-refractivity contribution in [2.45, 2.75) is 25.8 Å². The van der Waals surface area contributed by atoms with Gasteiger partial charge in [0.2, 0.25) is 0 Å². The standard InChI is InChI=1S/C18H22ClNO/c1-13-12-15(19)7-10-17(13)18(20-2)11-6-14-4-8-16(21-3)9-5-14/h4-5,7-10,12,18,20H,6,11H2,1-3H3. The normalized spacial score (nSPS) is 12.2. The van der Waals surface area contributed by atoms with Crippen molar-refractivity contribution in [2.24, 2.45) is 0 Å². The van der Waals surface area contributed by atoms with Gasteiger partial charge >= 0.3 is 0 Å². The van der Waals surface area contributed by atoms with Crippen LogP contribution >= 0.6 is 11.6 Å². The summed E-state index contributed by atoms with van der Waals surface area (Å²) in [6, 6.07) is 14.7. The average molecular weight is 304 g/mol. The van der Waals surface area contributed by atoms with E-state index in [0.717, 1.165) is 23.6 Å². The van der Waals surface area contributed by atoms with Gasteiger partial charge in [0, 0.05) is 11.1 Å². The lowest BCUT2D eigenvalue weighted by atomic mass is 9.96. The Kier molecular flexibility index (Phi) is 5.66. The molecule has 3 heteroatoms. The van der Waals surface area contributed by atoms with E-state index in [4.69, 9.17) is 16.3 Å². The number of halogens is 1. The maximum atomic E-state index is 6.03. The Morgan fingerprint density at radius 1 is 1.14 bits per heavy atom. The Balaban J connectivity index is 2.04. The van der Waals surface area contributed by atoms with Gasteiger partial charge in [-0.15, -0.1) is 0 Å². The number of hydrogen-bond donors (Lipinski definition) is 1. The van der Waals surface area contributed by atoms with Gasteiger partial charge < -0.3 is 10.1 Å². The molecule has 0 aliphatic rings. The number of methoxy groups -OCH3 is 1. The van der Waals surface area contributed by atoms with E-state index >= 15 is 0 Å². The number of rotatable bonds is 6. The lowest BCUT2D eigenvalue weighted by Crippen LogP contribution is -2.18. The van der Waals surface area contributed by atoms with Crippen molar-refractivity contribution in [1.82, 2.24) is 5.32 Å². The molecular formula is C18H22ClNO. The Bertz CT molecular complexity index is 580. The van der Waals surface area contributed by atoms with Crippen LogP contribution in [0.1, 0.15) is 29.2 Å². The Morgan fingerprint density at radius 2 is 1.86 bits per heavy atom. The fraction of sp³-hybridized carbons (Fsp3) is 0.333. The molecule has 0 amide bonds. The smallest absolute Gasteiger partial charge is 0.118 e. The third-order valence-electron chi connectivity index (χ3n) is 3.84. The Hall–Kier alpha value is -1.51.